The molecule has 1 amide bonds. The number of thiazole rings is 1. The van der Waals surface area contributed by atoms with Crippen LogP contribution in [0.25, 0.3) is 0 Å². The molecule has 1 aromatic heterocycles. The zero-order valence-electron chi connectivity index (χ0n) is 10.7. The maximum atomic E-state index is 12.4. The average Bonchev–Trinajstić information content (AvgIpc) is 3.10. The second kappa shape index (κ2) is 6.31. The molecule has 0 unspecified atom stereocenters. The summed E-state index contributed by atoms with van der Waals surface area (Å²) in [5.41, 5.74) is 5.66. The Morgan fingerprint density at radius 2 is 2.30 bits per heavy atom. The van der Waals surface area contributed by atoms with Gasteiger partial charge in [-0.2, -0.15) is 0 Å². The Morgan fingerprint density at radius 3 is 2.85 bits per heavy atom. The minimum Gasteiger partial charge on any atom is -0.395 e. The fraction of sp³-hybridized carbons (Fsp3) is 0.636. The molecule has 6 nitrogen and oxygen atoms in total. The van der Waals surface area contributed by atoms with E-state index in [0.717, 1.165) is 29.1 Å². The number of nitrogens with zero attached hydrogens (tertiary/aromatic N) is 2. The van der Waals surface area contributed by atoms with Gasteiger partial charge < -0.3 is 21.1 Å². The lowest BCUT2D eigenvalue weighted by molar-refractivity contribution is 0.0514. The number of halogens is 2. The molecule has 4 N–H and O–H groups in total. The van der Waals surface area contributed by atoms with Crippen LogP contribution in [-0.2, 0) is 0 Å². The molecular formula is C11H16F2N4O2S. The van der Waals surface area contributed by atoms with Gasteiger partial charge >= 0.3 is 0 Å². The van der Waals surface area contributed by atoms with Crippen molar-refractivity contribution in [2.75, 3.05) is 30.7 Å². The van der Waals surface area contributed by atoms with Crippen LogP contribution < -0.4 is 11.1 Å². The lowest BCUT2D eigenvalue weighted by Gasteiger charge is -2.20. The Labute approximate surface area is 118 Å². The summed E-state index contributed by atoms with van der Waals surface area (Å²) in [5, 5.41) is 12.5. The maximum absolute atomic E-state index is 12.4. The highest BCUT2D eigenvalue weighted by atomic mass is 32.1. The summed E-state index contributed by atoms with van der Waals surface area (Å²) in [4.78, 5) is 17.2. The van der Waals surface area contributed by atoms with Gasteiger partial charge in [-0.25, -0.2) is 13.8 Å². The largest absolute Gasteiger partial charge is 0.395 e. The summed E-state index contributed by atoms with van der Waals surface area (Å²) in [5.74, 6) is -0.599. The van der Waals surface area contributed by atoms with Crippen molar-refractivity contribution < 1.29 is 18.7 Å². The van der Waals surface area contributed by atoms with Crippen LogP contribution in [0.5, 0.6) is 0 Å². The molecule has 1 saturated carbocycles. The van der Waals surface area contributed by atoms with Crippen molar-refractivity contribution in [3.8, 4) is 0 Å². The molecule has 0 aliphatic heterocycles. The van der Waals surface area contributed by atoms with Crippen LogP contribution in [0.15, 0.2) is 0 Å². The van der Waals surface area contributed by atoms with Crippen LogP contribution in [0.1, 0.15) is 22.5 Å². The summed E-state index contributed by atoms with van der Waals surface area (Å²) in [6.45, 7) is -1.28. The van der Waals surface area contributed by atoms with Crippen LogP contribution in [0, 0.1) is 0 Å². The Balaban J connectivity index is 2.10. The van der Waals surface area contributed by atoms with Crippen molar-refractivity contribution >= 4 is 28.2 Å². The number of hydrogen-bond donors (Lipinski definition) is 3. The van der Waals surface area contributed by atoms with Crippen LogP contribution in [-0.4, -0.2) is 53.1 Å². The highest BCUT2D eigenvalue weighted by Crippen LogP contribution is 2.31. The van der Waals surface area contributed by atoms with Crippen LogP contribution >= 0.6 is 11.3 Å². The Morgan fingerprint density at radius 1 is 1.60 bits per heavy atom. The first-order chi connectivity index (χ1) is 9.51. The van der Waals surface area contributed by atoms with Gasteiger partial charge in [0.1, 0.15) is 10.7 Å². The first-order valence-corrected chi connectivity index (χ1v) is 7.04. The molecule has 0 bridgehead atoms. The predicted octanol–water partition coefficient (Wildman–Crippen LogP) is 0.999. The number of rotatable bonds is 7. The zero-order valence-corrected chi connectivity index (χ0v) is 11.5. The van der Waals surface area contributed by atoms with Gasteiger partial charge in [-0.05, 0) is 12.8 Å². The third-order valence-electron chi connectivity index (χ3n) is 2.77. The number of carbonyl (C=O) groups excluding carboxylic acids is 1. The first-order valence-electron chi connectivity index (χ1n) is 6.22. The SMILES string of the molecule is Nc1nc(NC2CC2)sc1C(=O)N(CCO)CC(F)F. The van der Waals surface area contributed by atoms with E-state index in [2.05, 4.69) is 10.3 Å². The fourth-order valence-corrected chi connectivity index (χ4v) is 2.59. The monoisotopic (exact) mass is 306 g/mol. The van der Waals surface area contributed by atoms with E-state index in [-0.39, 0.29) is 23.8 Å². The topological polar surface area (TPSA) is 91.5 Å². The highest BCUT2D eigenvalue weighted by molar-refractivity contribution is 7.18. The molecule has 0 saturated heterocycles. The summed E-state index contributed by atoms with van der Waals surface area (Å²) in [6, 6.07) is 0.359. The minimum absolute atomic E-state index is 0.0281. The van der Waals surface area contributed by atoms with E-state index in [4.69, 9.17) is 10.8 Å². The molecule has 20 heavy (non-hydrogen) atoms. The average molecular weight is 306 g/mol. The predicted molar refractivity (Wildman–Crippen MR) is 72.2 cm³/mol. The number of amides is 1. The van der Waals surface area contributed by atoms with Crippen molar-refractivity contribution in [2.45, 2.75) is 25.3 Å². The normalized spacial score (nSPS) is 14.6. The lowest BCUT2D eigenvalue weighted by Crippen LogP contribution is -2.37. The van der Waals surface area contributed by atoms with Crippen molar-refractivity contribution in [2.24, 2.45) is 0 Å². The van der Waals surface area contributed by atoms with Gasteiger partial charge in [0.2, 0.25) is 0 Å². The van der Waals surface area contributed by atoms with Crippen molar-refractivity contribution in [1.29, 1.82) is 0 Å². The van der Waals surface area contributed by atoms with Gasteiger partial charge in [0.25, 0.3) is 12.3 Å². The van der Waals surface area contributed by atoms with Gasteiger partial charge in [0, 0.05) is 12.6 Å². The quantitative estimate of drug-likeness (QED) is 0.699. The molecule has 1 aliphatic rings. The van der Waals surface area contributed by atoms with Gasteiger partial charge in [0.05, 0.1) is 13.2 Å². The summed E-state index contributed by atoms with van der Waals surface area (Å²) in [6.07, 6.45) is -0.570. The van der Waals surface area contributed by atoms with Crippen molar-refractivity contribution in [1.82, 2.24) is 9.88 Å². The molecular weight excluding hydrogens is 290 g/mol. The van der Waals surface area contributed by atoms with E-state index in [1.165, 1.54) is 0 Å². The van der Waals surface area contributed by atoms with E-state index in [1.54, 1.807) is 0 Å². The number of nitrogens with one attached hydrogen (secondary N) is 1. The number of aliphatic hydroxyl groups excluding tert-OH is 1. The second-order valence-electron chi connectivity index (χ2n) is 4.52. The number of hydrogen-bond acceptors (Lipinski definition) is 6. The second-order valence-corrected chi connectivity index (χ2v) is 5.52. The van der Waals surface area contributed by atoms with Crippen LogP contribution in [0.4, 0.5) is 19.7 Å². The third kappa shape index (κ3) is 3.76. The summed E-state index contributed by atoms with van der Waals surface area (Å²) in [7, 11) is 0. The molecule has 9 heteroatoms. The minimum atomic E-state index is -2.66. The number of anilines is 2. The number of aromatic nitrogens is 1. The standard InChI is InChI=1S/C11H16F2N4O2S/c12-7(13)5-17(3-4-18)10(19)8-9(14)16-11(20-8)15-6-1-2-6/h6-7,18H,1-5,14H2,(H,15,16). The molecule has 2 rings (SSSR count). The molecule has 0 aromatic carbocycles. The van der Waals surface area contributed by atoms with E-state index in [9.17, 15) is 13.6 Å². The first kappa shape index (κ1) is 14.9. The maximum Gasteiger partial charge on any atom is 0.268 e. The zero-order chi connectivity index (χ0) is 14.7. The van der Waals surface area contributed by atoms with Gasteiger partial charge in [0.15, 0.2) is 5.13 Å². The molecule has 112 valence electrons. The van der Waals surface area contributed by atoms with Crippen LogP contribution in [0.3, 0.4) is 0 Å². The highest BCUT2D eigenvalue weighted by Gasteiger charge is 2.27. The molecule has 1 heterocycles. The lowest BCUT2D eigenvalue weighted by atomic mass is 10.4. The van der Waals surface area contributed by atoms with Gasteiger partial charge in [-0.3, -0.25) is 4.79 Å². The van der Waals surface area contributed by atoms with Crippen LogP contribution in [0.2, 0.25) is 0 Å². The number of carbonyl (C=O) groups is 1. The summed E-state index contributed by atoms with van der Waals surface area (Å²) >= 11 is 1.05. The van der Waals surface area contributed by atoms with Gasteiger partial charge in [-0.15, -0.1) is 0 Å². The van der Waals surface area contributed by atoms with Crippen molar-refractivity contribution in [3.63, 3.8) is 0 Å². The van der Waals surface area contributed by atoms with E-state index < -0.39 is 18.9 Å². The molecule has 0 atom stereocenters. The Bertz CT molecular complexity index is 479. The number of alkyl halides is 2. The van der Waals surface area contributed by atoms with Gasteiger partial charge in [-0.1, -0.05) is 11.3 Å². The Hall–Kier alpha value is -1.48. The van der Waals surface area contributed by atoms with Crippen molar-refractivity contribution in [3.05, 3.63) is 4.88 Å². The molecule has 1 aliphatic carbocycles. The third-order valence-corrected chi connectivity index (χ3v) is 3.76. The molecule has 1 aromatic rings. The van der Waals surface area contributed by atoms with E-state index >= 15 is 0 Å². The molecule has 1 fully saturated rings. The molecule has 0 radical (unpaired) electrons. The number of nitrogens with two attached hydrogens (primary N) is 1. The summed E-state index contributed by atoms with van der Waals surface area (Å²) < 4.78 is 24.9. The van der Waals surface area contributed by atoms with E-state index in [1.807, 2.05) is 0 Å². The smallest absolute Gasteiger partial charge is 0.268 e. The number of aliphatic hydroxyl groups is 1. The molecule has 0 spiro atoms. The van der Waals surface area contributed by atoms with E-state index in [0.29, 0.717) is 11.2 Å². The Kier molecular flexibility index (Phi) is 4.71. The number of nitrogen functional groups attached to an aromatic ring is 1. The fourth-order valence-electron chi connectivity index (χ4n) is 1.66.